The van der Waals surface area contributed by atoms with E-state index in [1.165, 1.54) is 30.2 Å². The van der Waals surface area contributed by atoms with Gasteiger partial charge in [-0.05, 0) is 43.3 Å². The van der Waals surface area contributed by atoms with Crippen molar-refractivity contribution in [1.82, 2.24) is 14.8 Å². The fourth-order valence-electron chi connectivity index (χ4n) is 3.60. The summed E-state index contributed by atoms with van der Waals surface area (Å²) in [5.41, 5.74) is -0.153. The second-order valence-corrected chi connectivity index (χ2v) is 7.92. The topological polar surface area (TPSA) is 80.6 Å². The van der Waals surface area contributed by atoms with Gasteiger partial charge < -0.3 is 4.74 Å². The van der Waals surface area contributed by atoms with Gasteiger partial charge in [-0.1, -0.05) is 11.8 Å². The van der Waals surface area contributed by atoms with Crippen LogP contribution in [0.1, 0.15) is 16.8 Å². The smallest absolute Gasteiger partial charge is 0.416 e. The summed E-state index contributed by atoms with van der Waals surface area (Å²) in [6.07, 6.45) is -2.50. The molecule has 1 atom stereocenters. The highest BCUT2D eigenvalue weighted by Crippen LogP contribution is 2.33. The van der Waals surface area contributed by atoms with Crippen molar-refractivity contribution in [3.05, 3.63) is 71.4 Å². The van der Waals surface area contributed by atoms with Gasteiger partial charge >= 0.3 is 12.3 Å². The lowest BCUT2D eigenvalue weighted by Crippen LogP contribution is -2.48. The number of halogens is 4. The molecule has 0 bridgehead atoms. The summed E-state index contributed by atoms with van der Waals surface area (Å²) in [5.74, 6) is 4.10. The molecule has 8 nitrogen and oxygen atoms in total. The number of aryl methyl sites for hydroxylation is 2. The number of anilines is 2. The van der Waals surface area contributed by atoms with E-state index in [9.17, 15) is 27.2 Å². The van der Waals surface area contributed by atoms with Crippen LogP contribution in [0.3, 0.4) is 0 Å². The maximum Gasteiger partial charge on any atom is 0.416 e. The second-order valence-electron chi connectivity index (χ2n) is 7.92. The first-order valence-corrected chi connectivity index (χ1v) is 10.6. The Kier molecular flexibility index (Phi) is 6.65. The van der Waals surface area contributed by atoms with E-state index in [-0.39, 0.29) is 23.7 Å². The van der Waals surface area contributed by atoms with E-state index in [0.717, 1.165) is 23.1 Å². The highest BCUT2D eigenvalue weighted by molar-refractivity contribution is 6.06. The molecule has 1 saturated heterocycles. The van der Waals surface area contributed by atoms with Crippen molar-refractivity contribution in [2.75, 3.05) is 23.0 Å². The molecule has 0 saturated carbocycles. The zero-order valence-corrected chi connectivity index (χ0v) is 19.1. The number of cyclic esters (lactones) is 1. The van der Waals surface area contributed by atoms with Gasteiger partial charge in [0.05, 0.1) is 23.9 Å². The van der Waals surface area contributed by atoms with Gasteiger partial charge in [-0.2, -0.15) is 18.3 Å². The van der Waals surface area contributed by atoms with E-state index in [4.69, 9.17) is 4.74 Å². The fourth-order valence-corrected chi connectivity index (χ4v) is 3.60. The zero-order valence-electron chi connectivity index (χ0n) is 19.1. The summed E-state index contributed by atoms with van der Waals surface area (Å²) in [7, 11) is 1.72. The molecule has 2 aromatic heterocycles. The van der Waals surface area contributed by atoms with Gasteiger partial charge in [0.25, 0.3) is 5.91 Å². The minimum atomic E-state index is -4.69. The van der Waals surface area contributed by atoms with Crippen LogP contribution in [-0.2, 0) is 22.8 Å². The maximum absolute atomic E-state index is 13.6. The fraction of sp³-hybridized carbons (Fsp3) is 0.250. The lowest BCUT2D eigenvalue weighted by molar-refractivity contribution is -0.137. The average molecular weight is 501 g/mol. The van der Waals surface area contributed by atoms with E-state index >= 15 is 0 Å². The van der Waals surface area contributed by atoms with Gasteiger partial charge in [-0.25, -0.2) is 19.1 Å². The summed E-state index contributed by atoms with van der Waals surface area (Å²) in [5, 5.41) is 4.01. The van der Waals surface area contributed by atoms with Crippen molar-refractivity contribution in [3.63, 3.8) is 0 Å². The van der Waals surface area contributed by atoms with Crippen LogP contribution in [0.5, 0.6) is 0 Å². The number of carbonyl (C=O) groups is 2. The Labute approximate surface area is 203 Å². The highest BCUT2D eigenvalue weighted by Gasteiger charge is 2.43. The number of aromatic nitrogens is 3. The Bertz CT molecular complexity index is 1360. The minimum Gasteiger partial charge on any atom is -0.446 e. The first kappa shape index (κ1) is 24.7. The number of hydrogen-bond acceptors (Lipinski definition) is 5. The number of ether oxygens (including phenoxy) is 1. The first-order valence-electron chi connectivity index (χ1n) is 10.6. The predicted octanol–water partition coefficient (Wildman–Crippen LogP) is 3.69. The van der Waals surface area contributed by atoms with Crippen molar-refractivity contribution in [2.24, 2.45) is 7.05 Å². The quantitative estimate of drug-likeness (QED) is 0.403. The zero-order chi connectivity index (χ0) is 26.0. The monoisotopic (exact) mass is 501 g/mol. The average Bonchev–Trinajstić information content (AvgIpc) is 3.41. The molecule has 0 spiro atoms. The molecule has 1 aromatic carbocycles. The molecule has 3 heterocycles. The molecule has 0 aliphatic carbocycles. The van der Waals surface area contributed by atoms with E-state index < -0.39 is 42.2 Å². The molecule has 1 aliphatic heterocycles. The van der Waals surface area contributed by atoms with Crippen LogP contribution in [0.25, 0.3) is 0 Å². The molecule has 2 amide bonds. The second kappa shape index (κ2) is 9.69. The van der Waals surface area contributed by atoms with Crippen LogP contribution in [-0.4, -0.2) is 46.0 Å². The summed E-state index contributed by atoms with van der Waals surface area (Å²) >= 11 is 0. The number of rotatable bonds is 4. The van der Waals surface area contributed by atoms with Crippen LogP contribution < -0.4 is 9.80 Å². The largest absolute Gasteiger partial charge is 0.446 e. The van der Waals surface area contributed by atoms with Gasteiger partial charge in [-0.3, -0.25) is 14.4 Å². The summed E-state index contributed by atoms with van der Waals surface area (Å²) < 4.78 is 60.2. The Morgan fingerprint density at radius 1 is 1.25 bits per heavy atom. The molecule has 36 heavy (non-hydrogen) atoms. The van der Waals surface area contributed by atoms with Crippen LogP contribution in [0.2, 0.25) is 0 Å². The minimum absolute atomic E-state index is 0.00320. The standard InChI is InChI=1S/C24H19F4N5O3/c1-15-10-17(24(26,27)28)11-21(30-15)33-20(14-36-23(33)35)22(34)32(19-7-5-18(25)6-8-19)9-3-4-16-12-29-31(2)13-16/h5-8,10-13,20H,9,14H2,1-2H3/t20-/m0/s1. The first-order chi connectivity index (χ1) is 17.0. The van der Waals surface area contributed by atoms with E-state index in [2.05, 4.69) is 21.9 Å². The van der Waals surface area contributed by atoms with Gasteiger partial charge in [0.2, 0.25) is 0 Å². The number of alkyl halides is 3. The van der Waals surface area contributed by atoms with Gasteiger partial charge in [0, 0.05) is 24.6 Å². The highest BCUT2D eigenvalue weighted by atomic mass is 19.4. The molecular formula is C24H19F4N5O3. The third kappa shape index (κ3) is 5.30. The third-order valence-corrected chi connectivity index (χ3v) is 5.25. The van der Waals surface area contributed by atoms with Gasteiger partial charge in [-0.15, -0.1) is 0 Å². The molecule has 4 rings (SSSR count). The van der Waals surface area contributed by atoms with Crippen LogP contribution in [0.15, 0.2) is 48.8 Å². The van der Waals surface area contributed by atoms with Crippen LogP contribution in [0, 0.1) is 24.6 Å². The normalized spacial score (nSPS) is 15.3. The van der Waals surface area contributed by atoms with E-state index in [1.54, 1.807) is 17.9 Å². The number of pyridine rings is 1. The van der Waals surface area contributed by atoms with E-state index in [0.29, 0.717) is 11.6 Å². The number of amides is 2. The van der Waals surface area contributed by atoms with Crippen LogP contribution in [0.4, 0.5) is 33.9 Å². The lowest BCUT2D eigenvalue weighted by Gasteiger charge is -2.27. The Morgan fingerprint density at radius 2 is 1.97 bits per heavy atom. The van der Waals surface area contributed by atoms with Gasteiger partial charge in [0.1, 0.15) is 18.2 Å². The molecular weight excluding hydrogens is 482 g/mol. The van der Waals surface area contributed by atoms with Crippen molar-refractivity contribution in [3.8, 4) is 11.8 Å². The lowest BCUT2D eigenvalue weighted by atomic mass is 10.1. The number of carbonyl (C=O) groups excluding carboxylic acids is 2. The molecule has 0 N–H and O–H groups in total. The molecule has 0 unspecified atom stereocenters. The molecule has 3 aromatic rings. The molecule has 1 aliphatic rings. The predicted molar refractivity (Wildman–Crippen MR) is 120 cm³/mol. The molecule has 1 fully saturated rings. The maximum atomic E-state index is 13.6. The summed E-state index contributed by atoms with van der Waals surface area (Å²) in [6.45, 7) is 0.769. The Hall–Kier alpha value is -4.40. The van der Waals surface area contributed by atoms with Crippen molar-refractivity contribution < 1.29 is 31.9 Å². The SMILES string of the molecule is Cc1cc(C(F)(F)F)cc(N2C(=O)OC[C@H]2C(=O)N(CC#Cc2cnn(C)c2)c2ccc(F)cc2)n1. The Balaban J connectivity index is 1.69. The number of hydrogen-bond donors (Lipinski definition) is 0. The van der Waals surface area contributed by atoms with Crippen molar-refractivity contribution in [2.45, 2.75) is 19.1 Å². The number of benzene rings is 1. The number of nitrogens with zero attached hydrogens (tertiary/aromatic N) is 5. The Morgan fingerprint density at radius 3 is 2.61 bits per heavy atom. The third-order valence-electron chi connectivity index (χ3n) is 5.25. The van der Waals surface area contributed by atoms with Crippen molar-refractivity contribution in [1.29, 1.82) is 0 Å². The summed E-state index contributed by atoms with van der Waals surface area (Å²) in [4.78, 5) is 32.1. The van der Waals surface area contributed by atoms with E-state index in [1.807, 2.05) is 0 Å². The summed E-state index contributed by atoms with van der Waals surface area (Å²) in [6, 6.07) is 5.20. The molecule has 12 heteroatoms. The van der Waals surface area contributed by atoms with Crippen molar-refractivity contribution >= 4 is 23.5 Å². The molecule has 186 valence electrons. The van der Waals surface area contributed by atoms with Gasteiger partial charge in [0.15, 0.2) is 6.04 Å². The van der Waals surface area contributed by atoms with Crippen LogP contribution >= 0.6 is 0 Å². The molecule has 0 radical (unpaired) electrons.